The first kappa shape index (κ1) is 18.9. The fourth-order valence-electron chi connectivity index (χ4n) is 2.77. The summed E-state index contributed by atoms with van der Waals surface area (Å²) in [5.74, 6) is -0.166. The molecule has 2 N–H and O–H groups in total. The molecule has 1 saturated carbocycles. The van der Waals surface area contributed by atoms with Gasteiger partial charge in [-0.3, -0.25) is 4.79 Å². The molecule has 0 saturated heterocycles. The minimum absolute atomic E-state index is 0.0328. The van der Waals surface area contributed by atoms with Gasteiger partial charge in [0, 0.05) is 11.6 Å². The van der Waals surface area contributed by atoms with Crippen LogP contribution in [0.5, 0.6) is 5.75 Å². The topological polar surface area (TPSA) is 97.4 Å². The number of para-hydroxylation sites is 1. The van der Waals surface area contributed by atoms with E-state index in [9.17, 15) is 13.2 Å². The van der Waals surface area contributed by atoms with Crippen LogP contribution in [0.3, 0.4) is 0 Å². The first-order valence-corrected chi connectivity index (χ1v) is 11.1. The van der Waals surface area contributed by atoms with Gasteiger partial charge in [0.05, 0.1) is 23.9 Å². The molecule has 0 spiro atoms. The molecule has 0 radical (unpaired) electrons. The van der Waals surface area contributed by atoms with Crippen molar-refractivity contribution in [1.82, 2.24) is 15.0 Å². The number of nitrogens with one attached hydrogen (secondary N) is 2. The highest BCUT2D eigenvalue weighted by Crippen LogP contribution is 2.28. The van der Waals surface area contributed by atoms with Crippen LogP contribution in [0.1, 0.15) is 28.2 Å². The molecule has 4 rings (SSSR count). The van der Waals surface area contributed by atoms with Crippen molar-refractivity contribution in [2.45, 2.75) is 30.3 Å². The van der Waals surface area contributed by atoms with Crippen LogP contribution < -0.4 is 14.8 Å². The Kier molecular flexibility index (Phi) is 5.05. The second kappa shape index (κ2) is 7.50. The molecule has 1 heterocycles. The lowest BCUT2D eigenvalue weighted by atomic mass is 10.2. The molecule has 2 aromatic carbocycles. The smallest absolute Gasteiger partial charge is 0.251 e. The molecule has 1 fully saturated rings. The van der Waals surface area contributed by atoms with Gasteiger partial charge in [-0.25, -0.2) is 18.1 Å². The highest BCUT2D eigenvalue weighted by Gasteiger charge is 2.30. The molecule has 1 amide bonds. The standard InChI is InChI=1S/C19H19N3O4S2/c1-26-15-9-6-12(10-17(15)28(24,25)22-13-7-8-13)19(23)20-11-18-21-14-4-2-3-5-16(14)27-18/h2-6,9-10,13,22H,7-8,11H2,1H3,(H,20,23). The van der Waals surface area contributed by atoms with Crippen LogP contribution in [0.15, 0.2) is 47.4 Å². The summed E-state index contributed by atoms with van der Waals surface area (Å²) < 4.78 is 34.0. The largest absolute Gasteiger partial charge is 0.495 e. The van der Waals surface area contributed by atoms with Crippen LogP contribution in [0.4, 0.5) is 0 Å². The van der Waals surface area contributed by atoms with Gasteiger partial charge >= 0.3 is 0 Å². The fourth-order valence-corrected chi connectivity index (χ4v) is 5.17. The summed E-state index contributed by atoms with van der Waals surface area (Å²) in [6, 6.07) is 12.1. The quantitative estimate of drug-likeness (QED) is 0.616. The minimum Gasteiger partial charge on any atom is -0.495 e. The third-order valence-electron chi connectivity index (χ3n) is 4.35. The van der Waals surface area contributed by atoms with Gasteiger partial charge in [-0.05, 0) is 43.2 Å². The number of aromatic nitrogens is 1. The molecule has 146 valence electrons. The first-order chi connectivity index (χ1) is 13.5. The number of carbonyl (C=O) groups is 1. The molecule has 0 aliphatic heterocycles. The Morgan fingerprint density at radius 3 is 2.75 bits per heavy atom. The number of thiazole rings is 1. The van der Waals surface area contributed by atoms with E-state index in [-0.39, 0.29) is 34.7 Å². The van der Waals surface area contributed by atoms with Crippen LogP contribution in [0.2, 0.25) is 0 Å². The number of sulfonamides is 1. The van der Waals surface area contributed by atoms with Gasteiger partial charge in [-0.1, -0.05) is 12.1 Å². The molecule has 1 aliphatic carbocycles. The number of nitrogens with zero attached hydrogens (tertiary/aromatic N) is 1. The van der Waals surface area contributed by atoms with Gasteiger partial charge in [0.1, 0.15) is 15.7 Å². The summed E-state index contributed by atoms with van der Waals surface area (Å²) in [6.07, 6.45) is 1.65. The van der Waals surface area contributed by atoms with Crippen molar-refractivity contribution in [1.29, 1.82) is 0 Å². The Labute approximate surface area is 166 Å². The zero-order chi connectivity index (χ0) is 19.7. The van der Waals surface area contributed by atoms with E-state index >= 15 is 0 Å². The number of carbonyl (C=O) groups excluding carboxylic acids is 1. The van der Waals surface area contributed by atoms with Crippen molar-refractivity contribution in [3.05, 3.63) is 53.0 Å². The molecule has 9 heteroatoms. The van der Waals surface area contributed by atoms with Crippen LogP contribution in [0.25, 0.3) is 10.2 Å². The molecule has 0 bridgehead atoms. The average molecular weight is 418 g/mol. The molecule has 1 aromatic heterocycles. The van der Waals surface area contributed by atoms with E-state index in [1.54, 1.807) is 6.07 Å². The Morgan fingerprint density at radius 1 is 1.25 bits per heavy atom. The van der Waals surface area contributed by atoms with E-state index in [1.807, 2.05) is 24.3 Å². The molecule has 0 atom stereocenters. The van der Waals surface area contributed by atoms with Gasteiger partial charge in [0.2, 0.25) is 10.0 Å². The van der Waals surface area contributed by atoms with Crippen LogP contribution in [-0.2, 0) is 16.6 Å². The number of ether oxygens (including phenoxy) is 1. The molecule has 1 aliphatic rings. The summed E-state index contributed by atoms with van der Waals surface area (Å²) in [7, 11) is -2.34. The van der Waals surface area contributed by atoms with Crippen molar-refractivity contribution in [3.63, 3.8) is 0 Å². The average Bonchev–Trinajstić information content (AvgIpc) is 3.39. The maximum Gasteiger partial charge on any atom is 0.251 e. The van der Waals surface area contributed by atoms with Crippen LogP contribution >= 0.6 is 11.3 Å². The predicted molar refractivity (Wildman–Crippen MR) is 107 cm³/mol. The Morgan fingerprint density at radius 2 is 2.04 bits per heavy atom. The second-order valence-corrected chi connectivity index (χ2v) is 9.32. The number of methoxy groups -OCH3 is 1. The fraction of sp³-hybridized carbons (Fsp3) is 0.263. The van der Waals surface area contributed by atoms with Gasteiger partial charge in [0.15, 0.2) is 0 Å². The van der Waals surface area contributed by atoms with Crippen molar-refractivity contribution < 1.29 is 17.9 Å². The number of amides is 1. The van der Waals surface area contributed by atoms with E-state index < -0.39 is 10.0 Å². The molecule has 3 aromatic rings. The number of hydrogen-bond donors (Lipinski definition) is 2. The van der Waals surface area contributed by atoms with Crippen LogP contribution in [-0.4, -0.2) is 32.5 Å². The number of hydrogen-bond acceptors (Lipinski definition) is 6. The lowest BCUT2D eigenvalue weighted by Crippen LogP contribution is -2.27. The van der Waals surface area contributed by atoms with Crippen molar-refractivity contribution in [2.24, 2.45) is 0 Å². The summed E-state index contributed by atoms with van der Waals surface area (Å²) >= 11 is 1.51. The van der Waals surface area contributed by atoms with Gasteiger partial charge in [-0.15, -0.1) is 11.3 Å². The van der Waals surface area contributed by atoms with Crippen LogP contribution in [0, 0.1) is 0 Å². The molecule has 28 heavy (non-hydrogen) atoms. The maximum atomic E-state index is 12.6. The van der Waals surface area contributed by atoms with Crippen molar-refractivity contribution in [3.8, 4) is 5.75 Å². The normalized spacial score (nSPS) is 14.2. The van der Waals surface area contributed by atoms with Gasteiger partial charge in [-0.2, -0.15) is 0 Å². The molecule has 0 unspecified atom stereocenters. The van der Waals surface area contributed by atoms with Crippen molar-refractivity contribution >= 4 is 37.5 Å². The third kappa shape index (κ3) is 4.01. The summed E-state index contributed by atoms with van der Waals surface area (Å²) in [4.78, 5) is 17.0. The Balaban J connectivity index is 1.52. The van der Waals surface area contributed by atoms with Crippen molar-refractivity contribution in [2.75, 3.05) is 7.11 Å². The summed E-state index contributed by atoms with van der Waals surface area (Å²) in [6.45, 7) is 0.270. The Bertz CT molecular complexity index is 1100. The number of rotatable bonds is 7. The summed E-state index contributed by atoms with van der Waals surface area (Å²) in [5, 5.41) is 3.58. The van der Waals surface area contributed by atoms with E-state index in [0.717, 1.165) is 28.1 Å². The Hall–Kier alpha value is -2.49. The predicted octanol–water partition coefficient (Wildman–Crippen LogP) is 2.68. The number of benzene rings is 2. The SMILES string of the molecule is COc1ccc(C(=O)NCc2nc3ccccc3s2)cc1S(=O)(=O)NC1CC1. The molecular weight excluding hydrogens is 398 g/mol. The molecular formula is C19H19N3O4S2. The third-order valence-corrected chi connectivity index (χ3v) is 6.93. The van der Waals surface area contributed by atoms with E-state index in [0.29, 0.717) is 0 Å². The lowest BCUT2D eigenvalue weighted by Gasteiger charge is -2.12. The van der Waals surface area contributed by atoms with Gasteiger partial charge < -0.3 is 10.1 Å². The minimum atomic E-state index is -3.75. The monoisotopic (exact) mass is 417 g/mol. The van der Waals surface area contributed by atoms with E-state index in [4.69, 9.17) is 4.74 Å². The molecule has 7 nitrogen and oxygen atoms in total. The van der Waals surface area contributed by atoms with E-state index in [2.05, 4.69) is 15.0 Å². The first-order valence-electron chi connectivity index (χ1n) is 8.79. The highest BCUT2D eigenvalue weighted by molar-refractivity contribution is 7.89. The summed E-state index contributed by atoms with van der Waals surface area (Å²) in [5.41, 5.74) is 1.14. The van der Waals surface area contributed by atoms with E-state index in [1.165, 1.54) is 30.6 Å². The highest BCUT2D eigenvalue weighted by atomic mass is 32.2. The number of fused-ring (bicyclic) bond motifs is 1. The zero-order valence-corrected chi connectivity index (χ0v) is 16.8. The second-order valence-electron chi connectivity index (χ2n) is 6.52. The zero-order valence-electron chi connectivity index (χ0n) is 15.1. The van der Waals surface area contributed by atoms with Gasteiger partial charge in [0.25, 0.3) is 5.91 Å². The lowest BCUT2D eigenvalue weighted by molar-refractivity contribution is 0.0950. The maximum absolute atomic E-state index is 12.6.